The van der Waals surface area contributed by atoms with Crippen LogP contribution in [0.4, 0.5) is 4.39 Å². The highest BCUT2D eigenvalue weighted by Crippen LogP contribution is 2.32. The van der Waals surface area contributed by atoms with Crippen molar-refractivity contribution in [1.29, 1.82) is 0 Å². The van der Waals surface area contributed by atoms with Gasteiger partial charge in [-0.25, -0.2) is 4.39 Å². The smallest absolute Gasteiger partial charge is 0.263 e. The predicted octanol–water partition coefficient (Wildman–Crippen LogP) is 4.32. The number of benzene rings is 1. The monoisotopic (exact) mass is 360 g/mol. The molecule has 0 aliphatic carbocycles. The molecule has 0 saturated carbocycles. The molecule has 1 saturated heterocycles. The highest BCUT2D eigenvalue weighted by Gasteiger charge is 2.25. The van der Waals surface area contributed by atoms with Gasteiger partial charge in [-0.2, -0.15) is 0 Å². The lowest BCUT2D eigenvalue weighted by molar-refractivity contribution is 0.0695. The minimum Gasteiger partial charge on any atom is -0.338 e. The number of thiophene rings is 1. The molecule has 1 aliphatic rings. The lowest BCUT2D eigenvalue weighted by atomic mass is 9.96. The van der Waals surface area contributed by atoms with Crippen molar-refractivity contribution in [1.82, 2.24) is 10.2 Å². The predicted molar refractivity (Wildman–Crippen MR) is 102 cm³/mol. The first kappa shape index (κ1) is 18.1. The lowest BCUT2D eigenvalue weighted by Gasteiger charge is -2.31. The summed E-state index contributed by atoms with van der Waals surface area (Å²) in [6, 6.07) is 8.42. The number of hydrogen-bond acceptors (Lipinski definition) is 3. The Kier molecular flexibility index (Phi) is 5.86. The Morgan fingerprint density at radius 2 is 1.96 bits per heavy atom. The van der Waals surface area contributed by atoms with Gasteiger partial charge < -0.3 is 10.2 Å². The van der Waals surface area contributed by atoms with Gasteiger partial charge in [0, 0.05) is 18.0 Å². The normalized spacial score (nSPS) is 15.6. The van der Waals surface area contributed by atoms with Gasteiger partial charge in [0.15, 0.2) is 0 Å². The first-order valence-corrected chi connectivity index (χ1v) is 9.76. The number of nitrogens with one attached hydrogen (secondary N) is 1. The van der Waals surface area contributed by atoms with Crippen molar-refractivity contribution in [2.75, 3.05) is 26.2 Å². The Labute approximate surface area is 152 Å². The van der Waals surface area contributed by atoms with Crippen molar-refractivity contribution in [3.63, 3.8) is 0 Å². The minimum absolute atomic E-state index is 0.128. The highest BCUT2D eigenvalue weighted by molar-refractivity contribution is 7.14. The first-order valence-electron chi connectivity index (χ1n) is 8.95. The lowest BCUT2D eigenvalue weighted by Crippen LogP contribution is -2.40. The van der Waals surface area contributed by atoms with Crippen LogP contribution in [-0.4, -0.2) is 37.0 Å². The molecule has 0 unspecified atom stereocenters. The van der Waals surface area contributed by atoms with Crippen LogP contribution in [0.2, 0.25) is 0 Å². The van der Waals surface area contributed by atoms with Crippen LogP contribution in [0.25, 0.3) is 11.1 Å². The molecule has 2 aromatic rings. The Bertz CT molecular complexity index is 718. The van der Waals surface area contributed by atoms with Gasteiger partial charge in [-0.15, -0.1) is 11.3 Å². The quantitative estimate of drug-likeness (QED) is 0.861. The van der Waals surface area contributed by atoms with E-state index in [-0.39, 0.29) is 11.7 Å². The number of hydrogen-bond donors (Lipinski definition) is 1. The van der Waals surface area contributed by atoms with Gasteiger partial charge in [-0.05, 0) is 68.1 Å². The summed E-state index contributed by atoms with van der Waals surface area (Å²) in [4.78, 5) is 16.7. The Balaban J connectivity index is 1.67. The summed E-state index contributed by atoms with van der Waals surface area (Å²) in [5.41, 5.74) is 1.98. The summed E-state index contributed by atoms with van der Waals surface area (Å²) in [5.74, 6) is 0.556. The van der Waals surface area contributed by atoms with E-state index in [0.29, 0.717) is 5.92 Å². The standard InChI is InChI=1S/C20H25FN2OS/c1-3-22-13-15-8-10-23(11-9-15)20(24)19-12-18(14(2)25-19)16-4-6-17(21)7-5-16/h4-7,12,15,22H,3,8-11,13H2,1-2H3. The molecule has 3 rings (SSSR count). The molecule has 2 heterocycles. The number of aryl methyl sites for hydroxylation is 1. The van der Waals surface area contributed by atoms with Gasteiger partial charge in [0.25, 0.3) is 5.91 Å². The number of carbonyl (C=O) groups excluding carboxylic acids is 1. The SMILES string of the molecule is CCNCC1CCN(C(=O)c2cc(-c3ccc(F)cc3)c(C)s2)CC1. The van der Waals surface area contributed by atoms with Crippen LogP contribution in [0.5, 0.6) is 0 Å². The van der Waals surface area contributed by atoms with E-state index < -0.39 is 0 Å². The molecular weight excluding hydrogens is 335 g/mol. The summed E-state index contributed by atoms with van der Waals surface area (Å²) in [7, 11) is 0. The van der Waals surface area contributed by atoms with Crippen molar-refractivity contribution in [3.8, 4) is 11.1 Å². The zero-order valence-corrected chi connectivity index (χ0v) is 15.7. The number of rotatable bonds is 5. The molecule has 1 aliphatic heterocycles. The number of nitrogens with zero attached hydrogens (tertiary/aromatic N) is 1. The Morgan fingerprint density at radius 3 is 2.60 bits per heavy atom. The van der Waals surface area contributed by atoms with Crippen molar-refractivity contribution in [2.45, 2.75) is 26.7 Å². The second-order valence-electron chi connectivity index (χ2n) is 6.63. The molecule has 0 bridgehead atoms. The minimum atomic E-state index is -0.242. The van der Waals surface area contributed by atoms with Crippen molar-refractivity contribution < 1.29 is 9.18 Å². The van der Waals surface area contributed by atoms with E-state index in [1.165, 1.54) is 23.5 Å². The molecule has 25 heavy (non-hydrogen) atoms. The average molecular weight is 360 g/mol. The van der Waals surface area contributed by atoms with Crippen molar-refractivity contribution in [2.24, 2.45) is 5.92 Å². The molecule has 0 radical (unpaired) electrons. The summed E-state index contributed by atoms with van der Waals surface area (Å²) < 4.78 is 13.1. The first-order chi connectivity index (χ1) is 12.1. The third kappa shape index (κ3) is 4.28. The summed E-state index contributed by atoms with van der Waals surface area (Å²) in [6.07, 6.45) is 2.13. The number of piperidine rings is 1. The van der Waals surface area contributed by atoms with Crippen LogP contribution in [0, 0.1) is 18.7 Å². The topological polar surface area (TPSA) is 32.3 Å². The molecule has 0 atom stereocenters. The van der Waals surface area contributed by atoms with E-state index in [0.717, 1.165) is 59.9 Å². The van der Waals surface area contributed by atoms with Gasteiger partial charge in [-0.3, -0.25) is 4.79 Å². The maximum absolute atomic E-state index is 13.1. The molecule has 1 N–H and O–H groups in total. The van der Waals surface area contributed by atoms with E-state index in [1.54, 1.807) is 12.1 Å². The van der Waals surface area contributed by atoms with Gasteiger partial charge in [0.1, 0.15) is 5.82 Å². The van der Waals surface area contributed by atoms with Crippen molar-refractivity contribution >= 4 is 17.2 Å². The van der Waals surface area contributed by atoms with Crippen molar-refractivity contribution in [3.05, 3.63) is 45.9 Å². The largest absolute Gasteiger partial charge is 0.338 e. The van der Waals surface area contributed by atoms with Gasteiger partial charge in [-0.1, -0.05) is 19.1 Å². The maximum Gasteiger partial charge on any atom is 0.263 e. The molecule has 134 valence electrons. The van der Waals surface area contributed by atoms with Crippen LogP contribution >= 0.6 is 11.3 Å². The van der Waals surface area contributed by atoms with E-state index in [9.17, 15) is 9.18 Å². The van der Waals surface area contributed by atoms with E-state index in [4.69, 9.17) is 0 Å². The van der Waals surface area contributed by atoms with E-state index in [2.05, 4.69) is 12.2 Å². The average Bonchev–Trinajstić information content (AvgIpc) is 3.02. The van der Waals surface area contributed by atoms with Crippen LogP contribution in [0.1, 0.15) is 34.3 Å². The molecule has 3 nitrogen and oxygen atoms in total. The summed E-state index contributed by atoms with van der Waals surface area (Å²) in [6.45, 7) is 7.85. The highest BCUT2D eigenvalue weighted by atomic mass is 32.1. The van der Waals surface area contributed by atoms with E-state index in [1.807, 2.05) is 17.9 Å². The Hall–Kier alpha value is -1.72. The van der Waals surface area contributed by atoms with Crippen LogP contribution in [0.15, 0.2) is 30.3 Å². The maximum atomic E-state index is 13.1. The van der Waals surface area contributed by atoms with Gasteiger partial charge in [0.2, 0.25) is 0 Å². The summed E-state index contributed by atoms with van der Waals surface area (Å²) in [5, 5.41) is 3.40. The molecule has 1 amide bonds. The zero-order chi connectivity index (χ0) is 17.8. The Morgan fingerprint density at radius 1 is 1.28 bits per heavy atom. The molecule has 5 heteroatoms. The molecule has 1 fully saturated rings. The van der Waals surface area contributed by atoms with Crippen LogP contribution < -0.4 is 5.32 Å². The number of amides is 1. The second-order valence-corrected chi connectivity index (χ2v) is 7.89. The molecule has 1 aromatic carbocycles. The number of carbonyl (C=O) groups is 1. The molecular formula is C20H25FN2OS. The van der Waals surface area contributed by atoms with Gasteiger partial charge >= 0.3 is 0 Å². The van der Waals surface area contributed by atoms with Crippen LogP contribution in [-0.2, 0) is 0 Å². The fourth-order valence-corrected chi connectivity index (χ4v) is 4.36. The van der Waals surface area contributed by atoms with Gasteiger partial charge in [0.05, 0.1) is 4.88 Å². The third-order valence-electron chi connectivity index (χ3n) is 4.87. The fraction of sp³-hybridized carbons (Fsp3) is 0.450. The molecule has 1 aromatic heterocycles. The summed E-state index contributed by atoms with van der Waals surface area (Å²) >= 11 is 1.53. The fourth-order valence-electron chi connectivity index (χ4n) is 3.35. The second kappa shape index (κ2) is 8.11. The van der Waals surface area contributed by atoms with E-state index >= 15 is 0 Å². The zero-order valence-electron chi connectivity index (χ0n) is 14.8. The number of likely N-dealkylation sites (tertiary alicyclic amines) is 1. The van der Waals surface area contributed by atoms with Crippen LogP contribution in [0.3, 0.4) is 0 Å². The third-order valence-corrected chi connectivity index (χ3v) is 5.91. The number of halogens is 1. The molecule has 0 spiro atoms.